The standard InChI is InChI=1S/C24H29NO5S/c1-18(2)15-25(22-12-13-31(28,29)17-22)23(26)16-30-24(27)14-19-8-10-21(11-9-19)20-6-4-3-5-7-20/h3-11,18,22H,12-17H2,1-2H3. The summed E-state index contributed by atoms with van der Waals surface area (Å²) in [4.78, 5) is 26.5. The zero-order chi connectivity index (χ0) is 22.4. The lowest BCUT2D eigenvalue weighted by Gasteiger charge is -2.29. The van der Waals surface area contributed by atoms with Gasteiger partial charge in [-0.25, -0.2) is 8.42 Å². The Morgan fingerprint density at radius 2 is 1.68 bits per heavy atom. The second-order valence-corrected chi connectivity index (χ2v) is 10.6. The van der Waals surface area contributed by atoms with Gasteiger partial charge < -0.3 is 9.64 Å². The van der Waals surface area contributed by atoms with Crippen molar-refractivity contribution >= 4 is 21.7 Å². The molecule has 7 heteroatoms. The molecule has 1 saturated heterocycles. The highest BCUT2D eigenvalue weighted by Crippen LogP contribution is 2.21. The van der Waals surface area contributed by atoms with Gasteiger partial charge in [-0.2, -0.15) is 0 Å². The molecule has 1 heterocycles. The van der Waals surface area contributed by atoms with Gasteiger partial charge in [0.05, 0.1) is 17.9 Å². The molecule has 166 valence electrons. The summed E-state index contributed by atoms with van der Waals surface area (Å²) in [5.41, 5.74) is 2.96. The van der Waals surface area contributed by atoms with Crippen LogP contribution >= 0.6 is 0 Å². The number of rotatable bonds is 8. The molecule has 6 nitrogen and oxygen atoms in total. The molecule has 0 saturated carbocycles. The monoisotopic (exact) mass is 443 g/mol. The summed E-state index contributed by atoms with van der Waals surface area (Å²) in [6.45, 7) is 4.01. The van der Waals surface area contributed by atoms with Crippen molar-refractivity contribution in [1.29, 1.82) is 0 Å². The molecule has 1 aliphatic rings. The van der Waals surface area contributed by atoms with E-state index in [2.05, 4.69) is 0 Å². The number of nitrogens with zero attached hydrogens (tertiary/aromatic N) is 1. The number of hydrogen-bond donors (Lipinski definition) is 0. The van der Waals surface area contributed by atoms with E-state index in [9.17, 15) is 18.0 Å². The Morgan fingerprint density at radius 3 is 2.26 bits per heavy atom. The van der Waals surface area contributed by atoms with E-state index in [4.69, 9.17) is 4.74 Å². The Morgan fingerprint density at radius 1 is 1.03 bits per heavy atom. The molecule has 0 bridgehead atoms. The highest BCUT2D eigenvalue weighted by molar-refractivity contribution is 7.91. The highest BCUT2D eigenvalue weighted by Gasteiger charge is 2.35. The van der Waals surface area contributed by atoms with Gasteiger partial charge in [0.15, 0.2) is 16.4 Å². The van der Waals surface area contributed by atoms with E-state index in [-0.39, 0.29) is 42.4 Å². The summed E-state index contributed by atoms with van der Waals surface area (Å²) < 4.78 is 28.8. The van der Waals surface area contributed by atoms with E-state index < -0.39 is 15.8 Å². The number of esters is 1. The molecule has 0 radical (unpaired) electrons. The second kappa shape index (κ2) is 10.1. The third kappa shape index (κ3) is 6.66. The lowest BCUT2D eigenvalue weighted by molar-refractivity contribution is -0.152. The van der Waals surface area contributed by atoms with Crippen LogP contribution in [0.3, 0.4) is 0 Å². The van der Waals surface area contributed by atoms with Gasteiger partial charge >= 0.3 is 5.97 Å². The first-order valence-electron chi connectivity index (χ1n) is 10.5. The molecule has 1 aliphatic heterocycles. The van der Waals surface area contributed by atoms with Gasteiger partial charge in [-0.15, -0.1) is 0 Å². The van der Waals surface area contributed by atoms with Crippen LogP contribution in [0.15, 0.2) is 54.6 Å². The number of sulfone groups is 1. The van der Waals surface area contributed by atoms with Crippen LogP contribution in [-0.2, 0) is 30.6 Å². The minimum absolute atomic E-state index is 0.0207. The van der Waals surface area contributed by atoms with Crippen LogP contribution in [0.2, 0.25) is 0 Å². The lowest BCUT2D eigenvalue weighted by atomic mass is 10.0. The Kier molecular flexibility index (Phi) is 7.49. The number of hydrogen-bond acceptors (Lipinski definition) is 5. The summed E-state index contributed by atoms with van der Waals surface area (Å²) in [6, 6.07) is 17.3. The number of carbonyl (C=O) groups excluding carboxylic acids is 2. The molecule has 1 amide bonds. The number of ether oxygens (including phenoxy) is 1. The number of carbonyl (C=O) groups is 2. The molecule has 1 atom stereocenters. The smallest absolute Gasteiger partial charge is 0.310 e. The van der Waals surface area contributed by atoms with Crippen molar-refractivity contribution in [3.8, 4) is 11.1 Å². The van der Waals surface area contributed by atoms with Crippen molar-refractivity contribution in [1.82, 2.24) is 4.90 Å². The topological polar surface area (TPSA) is 80.8 Å². The predicted octanol–water partition coefficient (Wildman–Crippen LogP) is 3.11. The normalized spacial score (nSPS) is 17.5. The fraction of sp³-hybridized carbons (Fsp3) is 0.417. The molecule has 31 heavy (non-hydrogen) atoms. The minimum atomic E-state index is -3.11. The van der Waals surface area contributed by atoms with Crippen LogP contribution in [0.4, 0.5) is 0 Å². The van der Waals surface area contributed by atoms with Crippen molar-refractivity contribution < 1.29 is 22.7 Å². The van der Waals surface area contributed by atoms with Gasteiger partial charge in [0.2, 0.25) is 0 Å². The van der Waals surface area contributed by atoms with Crippen LogP contribution in [0.5, 0.6) is 0 Å². The maximum Gasteiger partial charge on any atom is 0.310 e. The summed E-state index contributed by atoms with van der Waals surface area (Å²) in [5, 5.41) is 0. The molecule has 0 aromatic heterocycles. The zero-order valence-electron chi connectivity index (χ0n) is 18.0. The van der Waals surface area contributed by atoms with Crippen molar-refractivity contribution in [2.24, 2.45) is 5.92 Å². The van der Waals surface area contributed by atoms with Crippen LogP contribution in [0, 0.1) is 5.92 Å². The number of amides is 1. The van der Waals surface area contributed by atoms with Gasteiger partial charge in [0, 0.05) is 12.6 Å². The van der Waals surface area contributed by atoms with Gasteiger partial charge in [-0.1, -0.05) is 68.4 Å². The van der Waals surface area contributed by atoms with E-state index in [1.165, 1.54) is 0 Å². The molecule has 2 aromatic rings. The van der Waals surface area contributed by atoms with Gasteiger partial charge in [-0.3, -0.25) is 9.59 Å². The van der Waals surface area contributed by atoms with Crippen LogP contribution in [0.25, 0.3) is 11.1 Å². The van der Waals surface area contributed by atoms with Crippen molar-refractivity contribution in [3.63, 3.8) is 0 Å². The zero-order valence-corrected chi connectivity index (χ0v) is 18.8. The lowest BCUT2D eigenvalue weighted by Crippen LogP contribution is -2.45. The van der Waals surface area contributed by atoms with E-state index >= 15 is 0 Å². The summed E-state index contributed by atoms with van der Waals surface area (Å²) >= 11 is 0. The highest BCUT2D eigenvalue weighted by atomic mass is 32.2. The van der Waals surface area contributed by atoms with Crippen LogP contribution in [0.1, 0.15) is 25.8 Å². The van der Waals surface area contributed by atoms with Crippen molar-refractivity contribution in [2.45, 2.75) is 32.7 Å². The first-order valence-corrected chi connectivity index (χ1v) is 12.4. The third-order valence-corrected chi connectivity index (χ3v) is 7.05. The molecule has 0 N–H and O–H groups in total. The Labute approximate surface area is 184 Å². The van der Waals surface area contributed by atoms with E-state index in [0.717, 1.165) is 16.7 Å². The first-order chi connectivity index (χ1) is 14.7. The Balaban J connectivity index is 1.54. The SMILES string of the molecule is CC(C)CN(C(=O)COC(=O)Cc1ccc(-c2ccccc2)cc1)C1CCS(=O)(=O)C1. The average molecular weight is 444 g/mol. The van der Waals surface area contributed by atoms with Crippen LogP contribution in [-0.4, -0.2) is 55.9 Å². The van der Waals surface area contributed by atoms with Gasteiger partial charge in [0.25, 0.3) is 5.91 Å². The van der Waals surface area contributed by atoms with Crippen molar-refractivity contribution in [3.05, 3.63) is 60.2 Å². The molecular weight excluding hydrogens is 414 g/mol. The summed E-state index contributed by atoms with van der Waals surface area (Å²) in [7, 11) is -3.11. The van der Waals surface area contributed by atoms with Gasteiger partial charge in [-0.05, 0) is 29.0 Å². The van der Waals surface area contributed by atoms with E-state index in [1.54, 1.807) is 4.90 Å². The summed E-state index contributed by atoms with van der Waals surface area (Å²) in [6.07, 6.45) is 0.507. The molecule has 0 spiro atoms. The second-order valence-electron chi connectivity index (χ2n) is 8.40. The summed E-state index contributed by atoms with van der Waals surface area (Å²) in [5.74, 6) is -0.565. The predicted molar refractivity (Wildman–Crippen MR) is 120 cm³/mol. The fourth-order valence-electron chi connectivity index (χ4n) is 3.76. The molecule has 1 unspecified atom stereocenters. The minimum Gasteiger partial charge on any atom is -0.455 e. The quantitative estimate of drug-likeness (QED) is 0.586. The van der Waals surface area contributed by atoms with E-state index in [1.807, 2.05) is 68.4 Å². The molecule has 1 fully saturated rings. The van der Waals surface area contributed by atoms with Crippen molar-refractivity contribution in [2.75, 3.05) is 24.7 Å². The largest absolute Gasteiger partial charge is 0.455 e. The fourth-order valence-corrected chi connectivity index (χ4v) is 5.49. The molecule has 0 aliphatic carbocycles. The van der Waals surface area contributed by atoms with Crippen LogP contribution < -0.4 is 0 Å². The molecule has 3 rings (SSSR count). The Hall–Kier alpha value is -2.67. The Bertz CT molecular complexity index is 1000. The maximum atomic E-state index is 12.7. The molecular formula is C24H29NO5S. The first kappa shape index (κ1) is 23.0. The third-order valence-electron chi connectivity index (χ3n) is 5.30. The number of benzene rings is 2. The molecule has 2 aromatic carbocycles. The van der Waals surface area contributed by atoms with Gasteiger partial charge in [0.1, 0.15) is 0 Å². The maximum absolute atomic E-state index is 12.7. The van der Waals surface area contributed by atoms with E-state index in [0.29, 0.717) is 13.0 Å². The average Bonchev–Trinajstić information content (AvgIpc) is 3.10.